The van der Waals surface area contributed by atoms with Gasteiger partial charge in [-0.2, -0.15) is 5.26 Å². The van der Waals surface area contributed by atoms with Gasteiger partial charge in [-0.25, -0.2) is 9.78 Å². The first kappa shape index (κ1) is 16.6. The molecule has 2 rings (SSSR count). The van der Waals surface area contributed by atoms with Crippen molar-refractivity contribution >= 4 is 17.7 Å². The third-order valence-corrected chi connectivity index (χ3v) is 3.74. The Balaban J connectivity index is 1.99. The molecule has 1 aromatic heterocycles. The van der Waals surface area contributed by atoms with E-state index < -0.39 is 5.60 Å². The van der Waals surface area contributed by atoms with Crippen LogP contribution in [0.3, 0.4) is 0 Å². The van der Waals surface area contributed by atoms with E-state index in [2.05, 4.69) is 4.98 Å². The summed E-state index contributed by atoms with van der Waals surface area (Å²) >= 11 is 5.95. The number of ether oxygens (including phenoxy) is 1. The molecular formula is C16H20ClN3O2. The second-order valence-corrected chi connectivity index (χ2v) is 6.85. The first-order valence-corrected chi connectivity index (χ1v) is 7.72. The molecule has 5 nitrogen and oxygen atoms in total. The molecule has 1 aromatic rings. The largest absolute Gasteiger partial charge is 0.444 e. The van der Waals surface area contributed by atoms with Crippen molar-refractivity contribution in [3.63, 3.8) is 0 Å². The van der Waals surface area contributed by atoms with Gasteiger partial charge in [0.2, 0.25) is 0 Å². The van der Waals surface area contributed by atoms with Gasteiger partial charge in [0, 0.05) is 13.1 Å². The van der Waals surface area contributed by atoms with Gasteiger partial charge >= 0.3 is 6.09 Å². The maximum Gasteiger partial charge on any atom is 0.410 e. The molecular weight excluding hydrogens is 302 g/mol. The van der Waals surface area contributed by atoms with Gasteiger partial charge in [0.15, 0.2) is 0 Å². The minimum atomic E-state index is -0.478. The molecule has 6 heteroatoms. The summed E-state index contributed by atoms with van der Waals surface area (Å²) in [6.45, 7) is 6.86. The van der Waals surface area contributed by atoms with Crippen molar-refractivity contribution in [2.24, 2.45) is 0 Å². The summed E-state index contributed by atoms with van der Waals surface area (Å²) in [6, 6.07) is 5.60. The van der Waals surface area contributed by atoms with Gasteiger partial charge in [-0.1, -0.05) is 11.6 Å². The molecule has 1 amide bonds. The molecule has 0 bridgehead atoms. The van der Waals surface area contributed by atoms with Crippen LogP contribution < -0.4 is 0 Å². The number of halogens is 1. The molecule has 0 aliphatic carbocycles. The van der Waals surface area contributed by atoms with E-state index in [-0.39, 0.29) is 12.0 Å². The van der Waals surface area contributed by atoms with E-state index in [4.69, 9.17) is 21.6 Å². The normalized spacial score (nSPS) is 16.2. The van der Waals surface area contributed by atoms with Crippen LogP contribution in [-0.4, -0.2) is 34.7 Å². The molecule has 0 unspecified atom stereocenters. The fourth-order valence-corrected chi connectivity index (χ4v) is 2.75. The molecule has 0 spiro atoms. The number of nitriles is 1. The molecule has 0 N–H and O–H groups in total. The maximum absolute atomic E-state index is 12.0. The highest BCUT2D eigenvalue weighted by atomic mass is 35.5. The van der Waals surface area contributed by atoms with Crippen LogP contribution in [0.15, 0.2) is 12.1 Å². The number of carbonyl (C=O) groups is 1. The summed E-state index contributed by atoms with van der Waals surface area (Å²) in [4.78, 5) is 17.7. The zero-order valence-corrected chi connectivity index (χ0v) is 13.9. The number of nitrogens with zero attached hydrogens (tertiary/aromatic N) is 3. The summed E-state index contributed by atoms with van der Waals surface area (Å²) in [5, 5.41) is 9.30. The van der Waals surface area contributed by atoms with Gasteiger partial charge in [0.05, 0.1) is 0 Å². The standard InChI is InChI=1S/C16H20ClN3O2/c1-16(2,3)22-15(21)20-6-4-11(5-7-20)12-8-13(10-18)19-14(17)9-12/h8-9,11H,4-7H2,1-3H3. The minimum Gasteiger partial charge on any atom is -0.444 e. The Labute approximate surface area is 135 Å². The number of hydrogen-bond acceptors (Lipinski definition) is 4. The zero-order valence-electron chi connectivity index (χ0n) is 13.1. The number of pyridine rings is 1. The highest BCUT2D eigenvalue weighted by molar-refractivity contribution is 6.29. The van der Waals surface area contributed by atoms with Crippen LogP contribution in [0.25, 0.3) is 0 Å². The number of amides is 1. The lowest BCUT2D eigenvalue weighted by molar-refractivity contribution is 0.0205. The Morgan fingerprint density at radius 1 is 1.41 bits per heavy atom. The fourth-order valence-electron chi connectivity index (χ4n) is 2.53. The SMILES string of the molecule is CC(C)(C)OC(=O)N1CCC(c2cc(Cl)nc(C#N)c2)CC1. The molecule has 0 atom stereocenters. The predicted molar refractivity (Wildman–Crippen MR) is 83.7 cm³/mol. The number of aromatic nitrogens is 1. The molecule has 0 radical (unpaired) electrons. The van der Waals surface area contributed by atoms with Gasteiger partial charge in [0.1, 0.15) is 22.5 Å². The van der Waals surface area contributed by atoms with E-state index in [0.717, 1.165) is 18.4 Å². The Morgan fingerprint density at radius 2 is 2.05 bits per heavy atom. The monoisotopic (exact) mass is 321 g/mol. The Bertz CT molecular complexity index is 596. The van der Waals surface area contributed by atoms with Crippen molar-refractivity contribution in [2.75, 3.05) is 13.1 Å². The molecule has 0 aromatic carbocycles. The van der Waals surface area contributed by atoms with Crippen molar-refractivity contribution < 1.29 is 9.53 Å². The molecule has 1 aliphatic rings. The Kier molecular flexibility index (Phi) is 4.92. The van der Waals surface area contributed by atoms with Gasteiger partial charge in [-0.3, -0.25) is 0 Å². The lowest BCUT2D eigenvalue weighted by Crippen LogP contribution is -2.41. The first-order chi connectivity index (χ1) is 10.3. The summed E-state index contributed by atoms with van der Waals surface area (Å²) in [5.74, 6) is 0.284. The Hall–Kier alpha value is -1.80. The molecule has 1 aliphatic heterocycles. The van der Waals surface area contributed by atoms with Crippen LogP contribution in [0.1, 0.15) is 50.8 Å². The fraction of sp³-hybridized carbons (Fsp3) is 0.562. The smallest absolute Gasteiger partial charge is 0.410 e. The summed E-state index contributed by atoms with van der Waals surface area (Å²) in [5.41, 5.74) is 0.867. The predicted octanol–water partition coefficient (Wildman–Crippen LogP) is 3.72. The number of likely N-dealkylation sites (tertiary alicyclic amines) is 1. The van der Waals surface area contributed by atoms with Gasteiger partial charge in [0.25, 0.3) is 0 Å². The second kappa shape index (κ2) is 6.53. The minimum absolute atomic E-state index is 0.267. The highest BCUT2D eigenvalue weighted by Crippen LogP contribution is 2.30. The molecule has 2 heterocycles. The number of carbonyl (C=O) groups excluding carboxylic acids is 1. The third-order valence-electron chi connectivity index (χ3n) is 3.55. The van der Waals surface area contributed by atoms with Crippen LogP contribution in [0.4, 0.5) is 4.79 Å². The quantitative estimate of drug-likeness (QED) is 0.739. The molecule has 1 fully saturated rings. The maximum atomic E-state index is 12.0. The first-order valence-electron chi connectivity index (χ1n) is 7.34. The average molecular weight is 322 g/mol. The number of hydrogen-bond donors (Lipinski definition) is 0. The number of piperidine rings is 1. The summed E-state index contributed by atoms with van der Waals surface area (Å²) in [7, 11) is 0. The van der Waals surface area contributed by atoms with E-state index in [9.17, 15) is 4.79 Å². The second-order valence-electron chi connectivity index (χ2n) is 6.46. The van der Waals surface area contributed by atoms with Crippen LogP contribution in [0.2, 0.25) is 5.15 Å². The Morgan fingerprint density at radius 3 is 2.59 bits per heavy atom. The van der Waals surface area contributed by atoms with Crippen molar-refractivity contribution in [3.05, 3.63) is 28.5 Å². The van der Waals surface area contributed by atoms with Crippen LogP contribution in [0.5, 0.6) is 0 Å². The summed E-state index contributed by atoms with van der Waals surface area (Å²) in [6.07, 6.45) is 1.38. The lowest BCUT2D eigenvalue weighted by atomic mass is 9.90. The van der Waals surface area contributed by atoms with Gasteiger partial charge in [-0.05, 0) is 57.2 Å². The van der Waals surface area contributed by atoms with E-state index in [0.29, 0.717) is 23.9 Å². The summed E-state index contributed by atoms with van der Waals surface area (Å²) < 4.78 is 5.39. The molecule has 22 heavy (non-hydrogen) atoms. The van der Waals surface area contributed by atoms with Crippen molar-refractivity contribution in [1.29, 1.82) is 5.26 Å². The molecule has 1 saturated heterocycles. The van der Waals surface area contributed by atoms with E-state index in [1.54, 1.807) is 17.0 Å². The van der Waals surface area contributed by atoms with Gasteiger partial charge in [-0.15, -0.1) is 0 Å². The van der Waals surface area contributed by atoms with E-state index in [1.807, 2.05) is 26.8 Å². The van der Waals surface area contributed by atoms with Crippen LogP contribution >= 0.6 is 11.6 Å². The molecule has 118 valence electrons. The number of rotatable bonds is 1. The van der Waals surface area contributed by atoms with Crippen molar-refractivity contribution in [3.8, 4) is 6.07 Å². The van der Waals surface area contributed by atoms with Gasteiger partial charge < -0.3 is 9.64 Å². The van der Waals surface area contributed by atoms with E-state index >= 15 is 0 Å². The zero-order chi connectivity index (χ0) is 16.3. The topological polar surface area (TPSA) is 66.2 Å². The highest BCUT2D eigenvalue weighted by Gasteiger charge is 2.27. The third kappa shape index (κ3) is 4.35. The van der Waals surface area contributed by atoms with Crippen molar-refractivity contribution in [1.82, 2.24) is 9.88 Å². The van der Waals surface area contributed by atoms with Crippen LogP contribution in [-0.2, 0) is 4.74 Å². The lowest BCUT2D eigenvalue weighted by Gasteiger charge is -2.33. The van der Waals surface area contributed by atoms with E-state index in [1.165, 1.54) is 0 Å². The molecule has 0 saturated carbocycles. The van der Waals surface area contributed by atoms with Crippen LogP contribution in [0, 0.1) is 11.3 Å². The van der Waals surface area contributed by atoms with Crippen molar-refractivity contribution in [2.45, 2.75) is 45.1 Å². The average Bonchev–Trinajstić information content (AvgIpc) is 2.45.